The molecule has 3 N–H and O–H groups in total. The maximum Gasteiger partial charge on any atom is 0.129 e. The summed E-state index contributed by atoms with van der Waals surface area (Å²) >= 11 is 0. The third kappa shape index (κ3) is 1.17. The Balaban J connectivity index is 2.70. The largest absolute Gasteiger partial charge is 0.383 e. The lowest BCUT2D eigenvalue weighted by Gasteiger charge is -2.50. The first-order chi connectivity index (χ1) is 4.90. The van der Waals surface area contributed by atoms with Crippen LogP contribution in [0.3, 0.4) is 0 Å². The van der Waals surface area contributed by atoms with Crippen molar-refractivity contribution < 1.29 is 9.84 Å². The second-order valence-electron chi connectivity index (χ2n) is 3.96. The highest BCUT2D eigenvalue weighted by Gasteiger charge is 2.51. The standard InChI is InChI=1S/C8H17NO2/c1-6(2)7(3,9)8(10)4-11-5-8/h6,10H,4-5,9H2,1-3H3. The highest BCUT2D eigenvalue weighted by atomic mass is 16.5. The highest BCUT2D eigenvalue weighted by molar-refractivity contribution is 5.06. The van der Waals surface area contributed by atoms with E-state index in [9.17, 15) is 5.11 Å². The molecule has 0 aromatic rings. The van der Waals surface area contributed by atoms with Gasteiger partial charge in [-0.05, 0) is 12.8 Å². The summed E-state index contributed by atoms with van der Waals surface area (Å²) in [5.74, 6) is 0.261. The van der Waals surface area contributed by atoms with Gasteiger partial charge in [0.15, 0.2) is 0 Å². The summed E-state index contributed by atoms with van der Waals surface area (Å²) in [4.78, 5) is 0. The Morgan fingerprint density at radius 2 is 2.00 bits per heavy atom. The zero-order chi connectivity index (χ0) is 8.70. The molecular formula is C8H17NO2. The molecule has 1 heterocycles. The summed E-state index contributed by atoms with van der Waals surface area (Å²) in [5.41, 5.74) is 4.63. The molecule has 1 aliphatic rings. The van der Waals surface area contributed by atoms with Gasteiger partial charge in [0.05, 0.1) is 13.2 Å². The molecule has 1 rings (SSSR count). The summed E-state index contributed by atoms with van der Waals surface area (Å²) in [6.45, 7) is 6.64. The van der Waals surface area contributed by atoms with Gasteiger partial charge < -0.3 is 15.6 Å². The van der Waals surface area contributed by atoms with Crippen LogP contribution in [0, 0.1) is 5.92 Å². The van der Waals surface area contributed by atoms with Crippen molar-refractivity contribution >= 4 is 0 Å². The molecule has 66 valence electrons. The molecule has 1 saturated heterocycles. The lowest BCUT2D eigenvalue weighted by atomic mass is 9.73. The van der Waals surface area contributed by atoms with E-state index < -0.39 is 11.1 Å². The smallest absolute Gasteiger partial charge is 0.129 e. The van der Waals surface area contributed by atoms with E-state index >= 15 is 0 Å². The summed E-state index contributed by atoms with van der Waals surface area (Å²) in [7, 11) is 0. The van der Waals surface area contributed by atoms with E-state index in [1.807, 2.05) is 20.8 Å². The molecule has 0 aromatic heterocycles. The van der Waals surface area contributed by atoms with Gasteiger partial charge in [-0.15, -0.1) is 0 Å². The molecule has 1 aliphatic heterocycles. The van der Waals surface area contributed by atoms with Crippen LogP contribution in [0.15, 0.2) is 0 Å². The van der Waals surface area contributed by atoms with Gasteiger partial charge in [-0.1, -0.05) is 13.8 Å². The monoisotopic (exact) mass is 159 g/mol. The second-order valence-corrected chi connectivity index (χ2v) is 3.96. The number of aliphatic hydroxyl groups is 1. The van der Waals surface area contributed by atoms with Crippen LogP contribution in [0.1, 0.15) is 20.8 Å². The lowest BCUT2D eigenvalue weighted by molar-refractivity contribution is -0.218. The van der Waals surface area contributed by atoms with Gasteiger partial charge in [0, 0.05) is 5.54 Å². The molecule has 0 saturated carbocycles. The van der Waals surface area contributed by atoms with Crippen LogP contribution in [0.5, 0.6) is 0 Å². The van der Waals surface area contributed by atoms with E-state index in [2.05, 4.69) is 0 Å². The van der Waals surface area contributed by atoms with Crippen LogP contribution < -0.4 is 5.73 Å². The van der Waals surface area contributed by atoms with Crippen molar-refractivity contribution in [3.8, 4) is 0 Å². The third-order valence-corrected chi connectivity index (χ3v) is 2.88. The second kappa shape index (κ2) is 2.44. The van der Waals surface area contributed by atoms with E-state index in [1.54, 1.807) is 0 Å². The average Bonchev–Trinajstić information content (AvgIpc) is 1.82. The van der Waals surface area contributed by atoms with Crippen molar-refractivity contribution in [2.75, 3.05) is 13.2 Å². The average molecular weight is 159 g/mol. The van der Waals surface area contributed by atoms with Crippen molar-refractivity contribution in [1.82, 2.24) is 0 Å². The van der Waals surface area contributed by atoms with Gasteiger partial charge in [-0.25, -0.2) is 0 Å². The van der Waals surface area contributed by atoms with Gasteiger partial charge in [-0.3, -0.25) is 0 Å². The minimum absolute atomic E-state index is 0.261. The summed E-state index contributed by atoms with van der Waals surface area (Å²) in [5, 5.41) is 9.86. The minimum atomic E-state index is -0.804. The van der Waals surface area contributed by atoms with Gasteiger partial charge in [-0.2, -0.15) is 0 Å². The first-order valence-electron chi connectivity index (χ1n) is 3.99. The molecule has 1 unspecified atom stereocenters. The number of rotatable bonds is 2. The highest BCUT2D eigenvalue weighted by Crippen LogP contribution is 2.32. The molecule has 0 spiro atoms. The van der Waals surface area contributed by atoms with Crippen LogP contribution in [0.25, 0.3) is 0 Å². The van der Waals surface area contributed by atoms with E-state index in [0.29, 0.717) is 13.2 Å². The maximum absolute atomic E-state index is 9.86. The third-order valence-electron chi connectivity index (χ3n) is 2.88. The molecular weight excluding hydrogens is 142 g/mol. The zero-order valence-corrected chi connectivity index (χ0v) is 7.42. The molecule has 0 aromatic carbocycles. The van der Waals surface area contributed by atoms with Crippen molar-refractivity contribution in [2.45, 2.75) is 31.9 Å². The van der Waals surface area contributed by atoms with Crippen molar-refractivity contribution in [1.29, 1.82) is 0 Å². The fraction of sp³-hybridized carbons (Fsp3) is 1.00. The Morgan fingerprint density at radius 1 is 1.55 bits per heavy atom. The van der Waals surface area contributed by atoms with Crippen molar-refractivity contribution in [3.63, 3.8) is 0 Å². The van der Waals surface area contributed by atoms with Crippen LogP contribution in [-0.2, 0) is 4.74 Å². The Kier molecular flexibility index (Phi) is 1.99. The Morgan fingerprint density at radius 3 is 2.09 bits per heavy atom. The lowest BCUT2D eigenvalue weighted by Crippen LogP contribution is -2.71. The summed E-state index contributed by atoms with van der Waals surface area (Å²) in [6.07, 6.45) is 0. The number of ether oxygens (including phenoxy) is 1. The minimum Gasteiger partial charge on any atom is -0.383 e. The Bertz CT molecular complexity index is 150. The predicted molar refractivity (Wildman–Crippen MR) is 43.2 cm³/mol. The summed E-state index contributed by atoms with van der Waals surface area (Å²) in [6, 6.07) is 0. The summed E-state index contributed by atoms with van der Waals surface area (Å²) < 4.78 is 4.94. The van der Waals surface area contributed by atoms with Gasteiger partial charge in [0.25, 0.3) is 0 Å². The van der Waals surface area contributed by atoms with Crippen LogP contribution in [0.4, 0.5) is 0 Å². The molecule has 3 heteroatoms. The predicted octanol–water partition coefficient (Wildman–Crippen LogP) is 0.121. The van der Waals surface area contributed by atoms with Gasteiger partial charge in [0.1, 0.15) is 5.60 Å². The fourth-order valence-electron chi connectivity index (χ4n) is 1.14. The molecule has 0 bridgehead atoms. The van der Waals surface area contributed by atoms with E-state index in [0.717, 1.165) is 0 Å². The van der Waals surface area contributed by atoms with Crippen LogP contribution in [-0.4, -0.2) is 29.5 Å². The molecule has 1 fully saturated rings. The topological polar surface area (TPSA) is 55.5 Å². The van der Waals surface area contributed by atoms with Crippen LogP contribution in [0.2, 0.25) is 0 Å². The first kappa shape index (κ1) is 8.97. The van der Waals surface area contributed by atoms with Gasteiger partial charge >= 0.3 is 0 Å². The quantitative estimate of drug-likeness (QED) is 0.601. The van der Waals surface area contributed by atoms with E-state index in [1.165, 1.54) is 0 Å². The zero-order valence-electron chi connectivity index (χ0n) is 7.42. The first-order valence-corrected chi connectivity index (χ1v) is 3.99. The van der Waals surface area contributed by atoms with Crippen LogP contribution >= 0.6 is 0 Å². The fourth-order valence-corrected chi connectivity index (χ4v) is 1.14. The van der Waals surface area contributed by atoms with E-state index in [-0.39, 0.29) is 5.92 Å². The van der Waals surface area contributed by atoms with Crippen molar-refractivity contribution in [2.24, 2.45) is 11.7 Å². The molecule has 0 radical (unpaired) electrons. The number of hydrogen-bond acceptors (Lipinski definition) is 3. The molecule has 1 atom stereocenters. The molecule has 3 nitrogen and oxygen atoms in total. The maximum atomic E-state index is 9.86. The van der Waals surface area contributed by atoms with Gasteiger partial charge in [0.2, 0.25) is 0 Å². The number of nitrogens with two attached hydrogens (primary N) is 1. The number of hydrogen-bond donors (Lipinski definition) is 2. The molecule has 11 heavy (non-hydrogen) atoms. The Hall–Kier alpha value is -0.120. The van der Waals surface area contributed by atoms with E-state index in [4.69, 9.17) is 10.5 Å². The van der Waals surface area contributed by atoms with Crippen molar-refractivity contribution in [3.05, 3.63) is 0 Å². The normalized spacial score (nSPS) is 27.8. The Labute approximate surface area is 67.5 Å². The molecule has 0 aliphatic carbocycles. The molecule has 0 amide bonds. The SMILES string of the molecule is CC(C)C(C)(N)C1(O)COC1.